The SMILES string of the molecule is CC(C)n1ncc2cc(CN[C@H](CCO)c3ccccc3)cnc21. The molecule has 5 nitrogen and oxygen atoms in total. The zero-order chi connectivity index (χ0) is 16.9. The van der Waals surface area contributed by atoms with Crippen LogP contribution in [0.2, 0.25) is 0 Å². The van der Waals surface area contributed by atoms with Gasteiger partial charge in [-0.25, -0.2) is 9.67 Å². The van der Waals surface area contributed by atoms with Crippen LogP contribution < -0.4 is 5.32 Å². The standard InChI is InChI=1S/C19H24N4O/c1-14(2)23-19-17(13-22-23)10-15(12-21-19)11-20-18(8-9-24)16-6-4-3-5-7-16/h3-7,10,12-14,18,20,24H,8-9,11H2,1-2H3/t18-/m1/s1. The van der Waals surface area contributed by atoms with Crippen molar-refractivity contribution in [2.75, 3.05) is 6.61 Å². The lowest BCUT2D eigenvalue weighted by atomic mass is 10.0. The van der Waals surface area contributed by atoms with Crippen molar-refractivity contribution in [2.24, 2.45) is 0 Å². The highest BCUT2D eigenvalue weighted by molar-refractivity contribution is 5.75. The number of rotatable bonds is 7. The van der Waals surface area contributed by atoms with E-state index in [4.69, 9.17) is 0 Å². The van der Waals surface area contributed by atoms with E-state index < -0.39 is 0 Å². The lowest BCUT2D eigenvalue weighted by Gasteiger charge is -2.18. The minimum Gasteiger partial charge on any atom is -0.396 e. The fourth-order valence-electron chi connectivity index (χ4n) is 2.90. The van der Waals surface area contributed by atoms with Crippen LogP contribution in [-0.4, -0.2) is 26.5 Å². The molecular formula is C19H24N4O. The molecule has 24 heavy (non-hydrogen) atoms. The number of nitrogens with zero attached hydrogens (tertiary/aromatic N) is 3. The van der Waals surface area contributed by atoms with Gasteiger partial charge in [0.05, 0.1) is 6.20 Å². The summed E-state index contributed by atoms with van der Waals surface area (Å²) in [5, 5.41) is 18.3. The predicted octanol–water partition coefficient (Wildman–Crippen LogP) is 3.23. The fraction of sp³-hybridized carbons (Fsp3) is 0.368. The Kier molecular flexibility index (Phi) is 5.23. The number of hydrogen-bond acceptors (Lipinski definition) is 4. The van der Waals surface area contributed by atoms with Crippen LogP contribution in [0.3, 0.4) is 0 Å². The molecule has 2 aromatic heterocycles. The summed E-state index contributed by atoms with van der Waals surface area (Å²) in [5.41, 5.74) is 3.22. The first-order valence-corrected chi connectivity index (χ1v) is 8.40. The summed E-state index contributed by atoms with van der Waals surface area (Å²) in [6, 6.07) is 12.8. The minimum absolute atomic E-state index is 0.130. The number of benzene rings is 1. The largest absolute Gasteiger partial charge is 0.396 e. The molecular weight excluding hydrogens is 300 g/mol. The van der Waals surface area contributed by atoms with Crippen molar-refractivity contribution in [1.82, 2.24) is 20.1 Å². The normalized spacial score (nSPS) is 12.8. The molecule has 0 aliphatic carbocycles. The monoisotopic (exact) mass is 324 g/mol. The maximum atomic E-state index is 9.33. The Morgan fingerprint density at radius 3 is 2.67 bits per heavy atom. The van der Waals surface area contributed by atoms with Gasteiger partial charge in [-0.2, -0.15) is 5.10 Å². The first-order valence-electron chi connectivity index (χ1n) is 8.40. The van der Waals surface area contributed by atoms with Crippen LogP contribution in [-0.2, 0) is 6.54 Å². The molecule has 1 aromatic carbocycles. The van der Waals surface area contributed by atoms with Crippen molar-refractivity contribution in [3.8, 4) is 0 Å². The first-order chi connectivity index (χ1) is 11.7. The van der Waals surface area contributed by atoms with Gasteiger partial charge in [-0.05, 0) is 37.5 Å². The summed E-state index contributed by atoms with van der Waals surface area (Å²) in [7, 11) is 0. The maximum Gasteiger partial charge on any atom is 0.157 e. The Bertz CT molecular complexity index is 782. The highest BCUT2D eigenvalue weighted by Crippen LogP contribution is 2.19. The molecule has 0 unspecified atom stereocenters. The molecule has 0 fully saturated rings. The molecule has 2 N–H and O–H groups in total. The van der Waals surface area contributed by atoms with E-state index in [-0.39, 0.29) is 12.6 Å². The third-order valence-electron chi connectivity index (χ3n) is 4.15. The number of pyridine rings is 1. The lowest BCUT2D eigenvalue weighted by Crippen LogP contribution is -2.22. The molecule has 0 aliphatic heterocycles. The van der Waals surface area contributed by atoms with Crippen LogP contribution in [0, 0.1) is 0 Å². The van der Waals surface area contributed by atoms with E-state index >= 15 is 0 Å². The summed E-state index contributed by atoms with van der Waals surface area (Å²) in [5.74, 6) is 0. The second kappa shape index (κ2) is 7.55. The van der Waals surface area contributed by atoms with Gasteiger partial charge in [0.15, 0.2) is 5.65 Å². The molecule has 2 heterocycles. The van der Waals surface area contributed by atoms with E-state index in [2.05, 4.69) is 47.4 Å². The van der Waals surface area contributed by atoms with Gasteiger partial charge < -0.3 is 10.4 Å². The van der Waals surface area contributed by atoms with Crippen LogP contribution in [0.1, 0.15) is 43.5 Å². The summed E-state index contributed by atoms with van der Waals surface area (Å²) < 4.78 is 1.94. The van der Waals surface area contributed by atoms with E-state index in [1.807, 2.05) is 35.3 Å². The van der Waals surface area contributed by atoms with Gasteiger partial charge >= 0.3 is 0 Å². The molecule has 0 saturated heterocycles. The molecule has 0 aliphatic rings. The Morgan fingerprint density at radius 2 is 1.96 bits per heavy atom. The van der Waals surface area contributed by atoms with Crippen molar-refractivity contribution < 1.29 is 5.11 Å². The molecule has 5 heteroatoms. The second-order valence-electron chi connectivity index (χ2n) is 6.30. The number of fused-ring (bicyclic) bond motifs is 1. The van der Waals surface area contributed by atoms with E-state index in [0.29, 0.717) is 19.0 Å². The number of aliphatic hydroxyl groups is 1. The fourth-order valence-corrected chi connectivity index (χ4v) is 2.90. The number of nitrogens with one attached hydrogen (secondary N) is 1. The number of aromatic nitrogens is 3. The van der Waals surface area contributed by atoms with E-state index in [9.17, 15) is 5.11 Å². The Morgan fingerprint density at radius 1 is 1.17 bits per heavy atom. The topological polar surface area (TPSA) is 63.0 Å². The highest BCUT2D eigenvalue weighted by atomic mass is 16.3. The molecule has 126 valence electrons. The summed E-state index contributed by atoms with van der Waals surface area (Å²) in [6.07, 6.45) is 4.45. The van der Waals surface area contributed by atoms with Crippen LogP contribution in [0.5, 0.6) is 0 Å². The third kappa shape index (κ3) is 3.63. The average Bonchev–Trinajstić information content (AvgIpc) is 3.03. The Balaban J connectivity index is 1.74. The zero-order valence-corrected chi connectivity index (χ0v) is 14.2. The number of hydrogen-bond donors (Lipinski definition) is 2. The number of aliphatic hydroxyl groups excluding tert-OH is 1. The summed E-state index contributed by atoms with van der Waals surface area (Å²) in [4.78, 5) is 4.57. The third-order valence-corrected chi connectivity index (χ3v) is 4.15. The predicted molar refractivity (Wildman–Crippen MR) is 95.6 cm³/mol. The van der Waals surface area contributed by atoms with Crippen LogP contribution in [0.25, 0.3) is 11.0 Å². The molecule has 0 bridgehead atoms. The van der Waals surface area contributed by atoms with Crippen LogP contribution in [0.15, 0.2) is 48.8 Å². The maximum absolute atomic E-state index is 9.33. The van der Waals surface area contributed by atoms with E-state index in [1.165, 1.54) is 5.56 Å². The van der Waals surface area contributed by atoms with Crippen molar-refractivity contribution in [1.29, 1.82) is 0 Å². The molecule has 0 spiro atoms. The van der Waals surface area contributed by atoms with Crippen molar-refractivity contribution >= 4 is 11.0 Å². The molecule has 0 amide bonds. The Hall–Kier alpha value is -2.24. The Labute approximate surface area is 142 Å². The quantitative estimate of drug-likeness (QED) is 0.700. The van der Waals surface area contributed by atoms with Crippen LogP contribution >= 0.6 is 0 Å². The van der Waals surface area contributed by atoms with Crippen molar-refractivity contribution in [2.45, 2.75) is 38.9 Å². The molecule has 0 saturated carbocycles. The molecule has 3 rings (SSSR count). The van der Waals surface area contributed by atoms with Crippen molar-refractivity contribution in [3.63, 3.8) is 0 Å². The van der Waals surface area contributed by atoms with Crippen LogP contribution in [0.4, 0.5) is 0 Å². The van der Waals surface area contributed by atoms with Gasteiger partial charge in [0.2, 0.25) is 0 Å². The van der Waals surface area contributed by atoms with Gasteiger partial charge in [0.25, 0.3) is 0 Å². The van der Waals surface area contributed by atoms with E-state index in [0.717, 1.165) is 16.6 Å². The van der Waals surface area contributed by atoms with Gasteiger partial charge in [0, 0.05) is 36.8 Å². The minimum atomic E-state index is 0.130. The van der Waals surface area contributed by atoms with Gasteiger partial charge in [0.1, 0.15) is 0 Å². The van der Waals surface area contributed by atoms with Gasteiger partial charge in [-0.3, -0.25) is 0 Å². The molecule has 3 aromatic rings. The first kappa shape index (κ1) is 16.6. The van der Waals surface area contributed by atoms with Gasteiger partial charge in [-0.1, -0.05) is 30.3 Å². The molecule has 1 atom stereocenters. The zero-order valence-electron chi connectivity index (χ0n) is 14.2. The smallest absolute Gasteiger partial charge is 0.157 e. The summed E-state index contributed by atoms with van der Waals surface area (Å²) >= 11 is 0. The lowest BCUT2D eigenvalue weighted by molar-refractivity contribution is 0.265. The summed E-state index contributed by atoms with van der Waals surface area (Å²) in [6.45, 7) is 5.06. The highest BCUT2D eigenvalue weighted by Gasteiger charge is 2.11. The molecule has 0 radical (unpaired) electrons. The van der Waals surface area contributed by atoms with Crippen molar-refractivity contribution in [3.05, 3.63) is 59.9 Å². The van der Waals surface area contributed by atoms with E-state index in [1.54, 1.807) is 0 Å². The average molecular weight is 324 g/mol. The van der Waals surface area contributed by atoms with Gasteiger partial charge in [-0.15, -0.1) is 0 Å². The second-order valence-corrected chi connectivity index (χ2v) is 6.30.